The van der Waals surface area contributed by atoms with Gasteiger partial charge in [0.1, 0.15) is 5.82 Å². The van der Waals surface area contributed by atoms with Crippen LogP contribution in [0, 0.1) is 5.82 Å². The lowest BCUT2D eigenvalue weighted by Gasteiger charge is -2.30. The van der Waals surface area contributed by atoms with E-state index in [9.17, 15) is 14.0 Å². The van der Waals surface area contributed by atoms with Gasteiger partial charge in [-0.1, -0.05) is 6.07 Å². The summed E-state index contributed by atoms with van der Waals surface area (Å²) in [5.74, 6) is -1.24. The van der Waals surface area contributed by atoms with Gasteiger partial charge in [-0.05, 0) is 30.7 Å². The van der Waals surface area contributed by atoms with Crippen LogP contribution in [0.25, 0.3) is 0 Å². The molecule has 3 rings (SSSR count). The number of methoxy groups -OCH3 is 1. The highest BCUT2D eigenvalue weighted by Crippen LogP contribution is 2.34. The van der Waals surface area contributed by atoms with Crippen LogP contribution in [0.1, 0.15) is 24.3 Å². The summed E-state index contributed by atoms with van der Waals surface area (Å²) >= 11 is 0. The number of carbonyl (C=O) groups excluding carboxylic acids is 2. The number of benzene rings is 1. The third-order valence-electron chi connectivity index (χ3n) is 4.86. The molecule has 6 nitrogen and oxygen atoms in total. The van der Waals surface area contributed by atoms with Crippen LogP contribution >= 0.6 is 0 Å². The van der Waals surface area contributed by atoms with Crippen LogP contribution in [0.2, 0.25) is 0 Å². The van der Waals surface area contributed by atoms with E-state index in [-0.39, 0.29) is 18.2 Å². The molecule has 2 aliphatic heterocycles. The van der Waals surface area contributed by atoms with Gasteiger partial charge in [-0.15, -0.1) is 0 Å². The molecular weight excluding hydrogens is 325 g/mol. The maximum atomic E-state index is 13.4. The maximum absolute atomic E-state index is 13.4. The molecule has 1 unspecified atom stereocenters. The molecule has 0 aromatic heterocycles. The third kappa shape index (κ3) is 4.16. The molecule has 1 aromatic rings. The predicted molar refractivity (Wildman–Crippen MR) is 91.9 cm³/mol. The molecule has 136 valence electrons. The molecule has 1 N–H and O–H groups in total. The van der Waals surface area contributed by atoms with Crippen LogP contribution in [0.5, 0.6) is 0 Å². The Kier molecular flexibility index (Phi) is 5.65. The van der Waals surface area contributed by atoms with Gasteiger partial charge in [0.15, 0.2) is 0 Å². The van der Waals surface area contributed by atoms with Crippen LogP contribution in [0.3, 0.4) is 0 Å². The number of anilines is 1. The molecule has 0 radical (unpaired) electrons. The van der Waals surface area contributed by atoms with Crippen molar-refractivity contribution in [1.29, 1.82) is 0 Å². The summed E-state index contributed by atoms with van der Waals surface area (Å²) in [6, 6.07) is 4.22. The Balaban J connectivity index is 1.72. The molecule has 1 fully saturated rings. The van der Waals surface area contributed by atoms with Crippen molar-refractivity contribution in [3.63, 3.8) is 0 Å². The van der Waals surface area contributed by atoms with Gasteiger partial charge in [-0.3, -0.25) is 14.5 Å². The number of nitrogens with one attached hydrogen (secondary N) is 1. The lowest BCUT2D eigenvalue weighted by molar-refractivity contribution is -0.134. The molecule has 1 atom stereocenters. The minimum atomic E-state index is -0.533. The molecule has 2 amide bonds. The van der Waals surface area contributed by atoms with Crippen LogP contribution in [-0.2, 0) is 14.3 Å². The van der Waals surface area contributed by atoms with Gasteiger partial charge in [-0.25, -0.2) is 4.39 Å². The zero-order valence-electron chi connectivity index (χ0n) is 14.5. The summed E-state index contributed by atoms with van der Waals surface area (Å²) in [4.78, 5) is 29.1. The number of hydrogen-bond acceptors (Lipinski definition) is 4. The minimum absolute atomic E-state index is 0.0451. The van der Waals surface area contributed by atoms with Crippen molar-refractivity contribution in [2.75, 3.05) is 51.8 Å². The first-order chi connectivity index (χ1) is 12.1. The summed E-state index contributed by atoms with van der Waals surface area (Å²) in [6.45, 7) is 4.57. The first-order valence-corrected chi connectivity index (χ1v) is 8.68. The molecule has 2 aliphatic rings. The molecular formula is C18H24FN3O3. The Bertz CT molecular complexity index is 652. The average molecular weight is 349 g/mol. The van der Waals surface area contributed by atoms with E-state index in [4.69, 9.17) is 4.74 Å². The van der Waals surface area contributed by atoms with E-state index in [0.717, 1.165) is 26.1 Å². The molecule has 1 aromatic carbocycles. The predicted octanol–water partition coefficient (Wildman–Crippen LogP) is 1.43. The van der Waals surface area contributed by atoms with E-state index >= 15 is 0 Å². The molecule has 0 aliphatic carbocycles. The van der Waals surface area contributed by atoms with Gasteiger partial charge in [-0.2, -0.15) is 0 Å². The van der Waals surface area contributed by atoms with Crippen molar-refractivity contribution >= 4 is 17.5 Å². The van der Waals surface area contributed by atoms with E-state index in [2.05, 4.69) is 10.2 Å². The number of halogens is 1. The van der Waals surface area contributed by atoms with Crippen LogP contribution in [0.4, 0.5) is 10.1 Å². The van der Waals surface area contributed by atoms with Gasteiger partial charge in [0.25, 0.3) is 0 Å². The Hall–Kier alpha value is -1.99. The lowest BCUT2D eigenvalue weighted by atomic mass is 9.89. The second-order valence-corrected chi connectivity index (χ2v) is 6.55. The largest absolute Gasteiger partial charge is 0.383 e. The fraction of sp³-hybridized carbons (Fsp3) is 0.556. The van der Waals surface area contributed by atoms with Crippen molar-refractivity contribution in [2.24, 2.45) is 0 Å². The number of ether oxygens (including phenoxy) is 1. The molecule has 0 saturated carbocycles. The monoisotopic (exact) mass is 349 g/mol. The quantitative estimate of drug-likeness (QED) is 0.893. The van der Waals surface area contributed by atoms with Crippen molar-refractivity contribution in [3.05, 3.63) is 29.6 Å². The second kappa shape index (κ2) is 7.93. The topological polar surface area (TPSA) is 61.9 Å². The van der Waals surface area contributed by atoms with Crippen LogP contribution < -0.4 is 5.32 Å². The summed E-state index contributed by atoms with van der Waals surface area (Å²) < 4.78 is 18.6. The number of hydrogen-bond donors (Lipinski definition) is 1. The Labute approximate surface area is 146 Å². The highest BCUT2D eigenvalue weighted by molar-refractivity contribution is 6.01. The van der Waals surface area contributed by atoms with Crippen molar-refractivity contribution < 1.29 is 18.7 Å². The Morgan fingerprint density at radius 3 is 2.96 bits per heavy atom. The van der Waals surface area contributed by atoms with Gasteiger partial charge in [0.2, 0.25) is 11.8 Å². The normalized spacial score (nSPS) is 21.4. The molecule has 25 heavy (non-hydrogen) atoms. The van der Waals surface area contributed by atoms with E-state index in [1.165, 1.54) is 12.1 Å². The smallest absolute Gasteiger partial charge is 0.230 e. The summed E-state index contributed by atoms with van der Waals surface area (Å²) in [5, 5.41) is 2.66. The first kappa shape index (κ1) is 17.8. The average Bonchev–Trinajstić information content (AvgIpc) is 2.83. The maximum Gasteiger partial charge on any atom is 0.230 e. The van der Waals surface area contributed by atoms with Crippen molar-refractivity contribution in [1.82, 2.24) is 9.80 Å². The lowest BCUT2D eigenvalue weighted by Crippen LogP contribution is -2.41. The van der Waals surface area contributed by atoms with E-state index < -0.39 is 11.7 Å². The molecule has 7 heteroatoms. The van der Waals surface area contributed by atoms with Crippen LogP contribution in [-0.4, -0.2) is 68.1 Å². The fourth-order valence-electron chi connectivity index (χ4n) is 3.51. The molecule has 1 saturated heterocycles. The molecule has 2 heterocycles. The number of amides is 2. The van der Waals surface area contributed by atoms with Gasteiger partial charge in [0, 0.05) is 45.4 Å². The van der Waals surface area contributed by atoms with Crippen molar-refractivity contribution in [3.8, 4) is 0 Å². The third-order valence-corrected chi connectivity index (χ3v) is 4.86. The molecule has 0 bridgehead atoms. The number of rotatable bonds is 4. The zero-order chi connectivity index (χ0) is 17.8. The number of carbonyl (C=O) groups is 2. The van der Waals surface area contributed by atoms with E-state index in [1.54, 1.807) is 13.2 Å². The standard InChI is InChI=1S/C18H24FN3O3/c1-25-10-9-21-5-2-6-22(8-7-21)18(24)15-12-17(23)20-16-11-13(19)3-4-14(15)16/h3-4,11,15H,2,5-10,12H2,1H3,(H,20,23). The Morgan fingerprint density at radius 1 is 1.32 bits per heavy atom. The van der Waals surface area contributed by atoms with Gasteiger partial charge < -0.3 is 15.0 Å². The van der Waals surface area contributed by atoms with E-state index in [0.29, 0.717) is 30.9 Å². The van der Waals surface area contributed by atoms with E-state index in [1.807, 2.05) is 4.90 Å². The SMILES string of the molecule is COCCN1CCCN(C(=O)C2CC(=O)Nc3cc(F)ccc32)CC1. The summed E-state index contributed by atoms with van der Waals surface area (Å²) in [5.41, 5.74) is 1.11. The zero-order valence-corrected chi connectivity index (χ0v) is 14.5. The second-order valence-electron chi connectivity index (χ2n) is 6.55. The van der Waals surface area contributed by atoms with Gasteiger partial charge >= 0.3 is 0 Å². The summed E-state index contributed by atoms with van der Waals surface area (Å²) in [6.07, 6.45) is 1.01. The Morgan fingerprint density at radius 2 is 2.16 bits per heavy atom. The summed E-state index contributed by atoms with van der Waals surface area (Å²) in [7, 11) is 1.68. The fourth-order valence-corrected chi connectivity index (χ4v) is 3.51. The highest BCUT2D eigenvalue weighted by Gasteiger charge is 2.34. The highest BCUT2D eigenvalue weighted by atomic mass is 19.1. The minimum Gasteiger partial charge on any atom is -0.383 e. The number of fused-ring (bicyclic) bond motifs is 1. The number of nitrogens with zero attached hydrogens (tertiary/aromatic N) is 2. The van der Waals surface area contributed by atoms with Gasteiger partial charge in [0.05, 0.1) is 12.5 Å². The van der Waals surface area contributed by atoms with Crippen molar-refractivity contribution in [2.45, 2.75) is 18.8 Å². The first-order valence-electron chi connectivity index (χ1n) is 8.68. The molecule has 0 spiro atoms. The van der Waals surface area contributed by atoms with Crippen LogP contribution in [0.15, 0.2) is 18.2 Å².